The quantitative estimate of drug-likeness (QED) is 0.876. The molecule has 0 bridgehead atoms. The van der Waals surface area contributed by atoms with Crippen LogP contribution >= 0.6 is 0 Å². The van der Waals surface area contributed by atoms with E-state index in [1.165, 1.54) is 0 Å². The van der Waals surface area contributed by atoms with Crippen LogP contribution in [-0.2, 0) is 16.0 Å². The lowest BCUT2D eigenvalue weighted by Gasteiger charge is -2.37. The van der Waals surface area contributed by atoms with E-state index in [0.29, 0.717) is 6.42 Å². The molecule has 4 heteroatoms. The van der Waals surface area contributed by atoms with Crippen LogP contribution in [0.5, 0.6) is 0 Å². The molecule has 0 unspecified atom stereocenters. The second kappa shape index (κ2) is 6.74. The van der Waals surface area contributed by atoms with Crippen LogP contribution in [0.4, 0.5) is 0 Å². The highest BCUT2D eigenvalue weighted by Gasteiger charge is 2.35. The van der Waals surface area contributed by atoms with Gasteiger partial charge in [-0.3, -0.25) is 9.59 Å². The summed E-state index contributed by atoms with van der Waals surface area (Å²) in [6.45, 7) is 1.99. The molecule has 21 heavy (non-hydrogen) atoms. The number of carboxylic acids is 1. The van der Waals surface area contributed by atoms with Gasteiger partial charge in [-0.15, -0.1) is 0 Å². The Morgan fingerprint density at radius 1 is 1.24 bits per heavy atom. The maximum atomic E-state index is 12.3. The summed E-state index contributed by atoms with van der Waals surface area (Å²) in [5.41, 5.74) is 1.54. The van der Waals surface area contributed by atoms with Crippen molar-refractivity contribution in [3.63, 3.8) is 0 Å². The van der Waals surface area contributed by atoms with E-state index < -0.39 is 11.5 Å². The molecule has 1 aromatic rings. The van der Waals surface area contributed by atoms with Crippen LogP contribution in [0, 0.1) is 6.92 Å². The molecule has 0 radical (unpaired) electrons. The fourth-order valence-corrected chi connectivity index (χ4v) is 3.21. The molecular formula is C17H23NO3. The van der Waals surface area contributed by atoms with Crippen molar-refractivity contribution >= 4 is 11.9 Å². The van der Waals surface area contributed by atoms with Gasteiger partial charge in [0.1, 0.15) is 0 Å². The van der Waals surface area contributed by atoms with Gasteiger partial charge in [-0.25, -0.2) is 0 Å². The molecule has 1 aromatic carbocycles. The first-order valence-corrected chi connectivity index (χ1v) is 7.57. The number of aryl methyl sites for hydroxylation is 1. The lowest BCUT2D eigenvalue weighted by atomic mass is 9.79. The third-order valence-corrected chi connectivity index (χ3v) is 4.15. The largest absolute Gasteiger partial charge is 0.481 e. The maximum Gasteiger partial charge on any atom is 0.305 e. The van der Waals surface area contributed by atoms with E-state index in [0.717, 1.165) is 43.2 Å². The molecule has 0 saturated heterocycles. The lowest BCUT2D eigenvalue weighted by Crippen LogP contribution is -2.51. The number of rotatable bonds is 5. The number of carboxylic acid groups (broad SMARTS) is 1. The van der Waals surface area contributed by atoms with Gasteiger partial charge >= 0.3 is 5.97 Å². The Morgan fingerprint density at radius 2 is 1.95 bits per heavy atom. The molecule has 2 rings (SSSR count). The van der Waals surface area contributed by atoms with Crippen molar-refractivity contribution in [1.29, 1.82) is 0 Å². The minimum absolute atomic E-state index is 0.0204. The SMILES string of the molecule is Cc1cccc(CC(=O)NC2(CC(=O)O)CCCCC2)c1. The minimum atomic E-state index is -0.840. The number of hydrogen-bond acceptors (Lipinski definition) is 2. The van der Waals surface area contributed by atoms with Crippen LogP contribution in [0.2, 0.25) is 0 Å². The van der Waals surface area contributed by atoms with Crippen molar-refractivity contribution in [2.24, 2.45) is 0 Å². The maximum absolute atomic E-state index is 12.3. The number of hydrogen-bond donors (Lipinski definition) is 2. The Kier molecular flexibility index (Phi) is 4.99. The van der Waals surface area contributed by atoms with Gasteiger partial charge in [0, 0.05) is 0 Å². The average Bonchev–Trinajstić information content (AvgIpc) is 2.38. The summed E-state index contributed by atoms with van der Waals surface area (Å²) < 4.78 is 0. The summed E-state index contributed by atoms with van der Waals surface area (Å²) in [5.74, 6) is -0.920. The highest BCUT2D eigenvalue weighted by Crippen LogP contribution is 2.31. The number of benzene rings is 1. The molecular weight excluding hydrogens is 266 g/mol. The Bertz CT molecular complexity index is 519. The molecule has 114 valence electrons. The summed E-state index contributed by atoms with van der Waals surface area (Å²) >= 11 is 0. The van der Waals surface area contributed by atoms with Gasteiger partial charge in [-0.2, -0.15) is 0 Å². The second-order valence-corrected chi connectivity index (χ2v) is 6.13. The first-order chi connectivity index (χ1) is 9.99. The van der Waals surface area contributed by atoms with Crippen molar-refractivity contribution in [2.45, 2.75) is 57.4 Å². The Morgan fingerprint density at radius 3 is 2.57 bits per heavy atom. The van der Waals surface area contributed by atoms with Crippen molar-refractivity contribution in [1.82, 2.24) is 5.32 Å². The first-order valence-electron chi connectivity index (χ1n) is 7.57. The van der Waals surface area contributed by atoms with Gasteiger partial charge in [-0.1, -0.05) is 49.1 Å². The number of aliphatic carboxylic acids is 1. The van der Waals surface area contributed by atoms with E-state index in [9.17, 15) is 9.59 Å². The fraction of sp³-hybridized carbons (Fsp3) is 0.529. The first kappa shape index (κ1) is 15.5. The van der Waals surface area contributed by atoms with E-state index in [-0.39, 0.29) is 12.3 Å². The van der Waals surface area contributed by atoms with E-state index in [1.54, 1.807) is 0 Å². The molecule has 4 nitrogen and oxygen atoms in total. The molecule has 2 N–H and O–H groups in total. The van der Waals surface area contributed by atoms with E-state index in [4.69, 9.17) is 5.11 Å². The zero-order chi connectivity index (χ0) is 15.3. The average molecular weight is 289 g/mol. The standard InChI is InChI=1S/C17H23NO3/c1-13-6-5-7-14(10-13)11-15(19)18-17(12-16(20)21)8-3-2-4-9-17/h5-7,10H,2-4,8-9,11-12H2,1H3,(H,18,19)(H,20,21). The second-order valence-electron chi connectivity index (χ2n) is 6.13. The van der Waals surface area contributed by atoms with Gasteiger partial charge in [0.15, 0.2) is 0 Å². The van der Waals surface area contributed by atoms with Gasteiger partial charge in [0.25, 0.3) is 0 Å². The van der Waals surface area contributed by atoms with Gasteiger partial charge in [0.05, 0.1) is 18.4 Å². The van der Waals surface area contributed by atoms with E-state index in [2.05, 4.69) is 5.32 Å². The number of nitrogens with one attached hydrogen (secondary N) is 1. The molecule has 0 heterocycles. The van der Waals surface area contributed by atoms with Crippen LogP contribution in [0.25, 0.3) is 0 Å². The van der Waals surface area contributed by atoms with Crippen LogP contribution in [-0.4, -0.2) is 22.5 Å². The topological polar surface area (TPSA) is 66.4 Å². The summed E-state index contributed by atoms with van der Waals surface area (Å²) in [4.78, 5) is 23.4. The monoisotopic (exact) mass is 289 g/mol. The lowest BCUT2D eigenvalue weighted by molar-refractivity contribution is -0.139. The molecule has 1 amide bonds. The predicted molar refractivity (Wildman–Crippen MR) is 81.1 cm³/mol. The summed E-state index contributed by atoms with van der Waals surface area (Å²) in [5, 5.41) is 12.1. The van der Waals surface area contributed by atoms with E-state index >= 15 is 0 Å². The normalized spacial score (nSPS) is 17.2. The molecule has 0 spiro atoms. The fourth-order valence-electron chi connectivity index (χ4n) is 3.21. The molecule has 1 saturated carbocycles. The number of carbonyl (C=O) groups is 2. The van der Waals surface area contributed by atoms with Gasteiger partial charge in [-0.05, 0) is 25.3 Å². The highest BCUT2D eigenvalue weighted by molar-refractivity contribution is 5.80. The Hall–Kier alpha value is -1.84. The molecule has 0 aliphatic heterocycles. The van der Waals surface area contributed by atoms with E-state index in [1.807, 2.05) is 31.2 Å². The van der Waals surface area contributed by atoms with Crippen LogP contribution in [0.3, 0.4) is 0 Å². The van der Waals surface area contributed by atoms with Crippen molar-refractivity contribution in [3.05, 3.63) is 35.4 Å². The third-order valence-electron chi connectivity index (χ3n) is 4.15. The molecule has 1 aliphatic carbocycles. The number of amides is 1. The molecule has 0 atom stereocenters. The minimum Gasteiger partial charge on any atom is -0.481 e. The summed E-state index contributed by atoms with van der Waals surface area (Å²) in [6, 6.07) is 7.85. The molecule has 1 fully saturated rings. The summed E-state index contributed by atoms with van der Waals surface area (Å²) in [6.07, 6.45) is 4.94. The smallest absolute Gasteiger partial charge is 0.305 e. The van der Waals surface area contributed by atoms with Crippen molar-refractivity contribution < 1.29 is 14.7 Å². The third kappa shape index (κ3) is 4.59. The van der Waals surface area contributed by atoms with Crippen LogP contribution in [0.1, 0.15) is 49.7 Å². The van der Waals surface area contributed by atoms with Gasteiger partial charge < -0.3 is 10.4 Å². The Balaban J connectivity index is 2.02. The van der Waals surface area contributed by atoms with Crippen molar-refractivity contribution in [3.8, 4) is 0 Å². The zero-order valence-electron chi connectivity index (χ0n) is 12.5. The Labute approximate surface area is 125 Å². The van der Waals surface area contributed by atoms with Crippen LogP contribution < -0.4 is 5.32 Å². The van der Waals surface area contributed by atoms with Crippen LogP contribution in [0.15, 0.2) is 24.3 Å². The van der Waals surface area contributed by atoms with Crippen molar-refractivity contribution in [2.75, 3.05) is 0 Å². The zero-order valence-corrected chi connectivity index (χ0v) is 12.5. The highest BCUT2D eigenvalue weighted by atomic mass is 16.4. The van der Waals surface area contributed by atoms with Gasteiger partial charge in [0.2, 0.25) is 5.91 Å². The molecule has 0 aromatic heterocycles. The predicted octanol–water partition coefficient (Wildman–Crippen LogP) is 2.83. The number of carbonyl (C=O) groups excluding carboxylic acids is 1. The summed E-state index contributed by atoms with van der Waals surface area (Å²) in [7, 11) is 0. The molecule has 1 aliphatic rings.